The molecule has 2 aromatic rings. The zero-order valence-electron chi connectivity index (χ0n) is 12.5. The Kier molecular flexibility index (Phi) is 4.99. The van der Waals surface area contributed by atoms with E-state index >= 15 is 0 Å². The lowest BCUT2D eigenvalue weighted by atomic mass is 10.2. The number of benzene rings is 1. The maximum atomic E-state index is 5.97. The van der Waals surface area contributed by atoms with Crippen molar-refractivity contribution >= 4 is 28.8 Å². The van der Waals surface area contributed by atoms with Crippen LogP contribution in [0.25, 0.3) is 0 Å². The van der Waals surface area contributed by atoms with Crippen molar-refractivity contribution in [3.05, 3.63) is 45.7 Å². The summed E-state index contributed by atoms with van der Waals surface area (Å²) in [5.41, 5.74) is 2.87. The van der Waals surface area contributed by atoms with Gasteiger partial charge in [0, 0.05) is 41.6 Å². The quantitative estimate of drug-likeness (QED) is 0.787. The molecule has 2 heterocycles. The van der Waals surface area contributed by atoms with Crippen molar-refractivity contribution in [2.45, 2.75) is 13.0 Å². The number of hydrogen-bond donors (Lipinski definition) is 0. The van der Waals surface area contributed by atoms with Crippen LogP contribution in [0, 0.1) is 11.8 Å². The lowest BCUT2D eigenvalue weighted by molar-refractivity contribution is 0.213. The van der Waals surface area contributed by atoms with E-state index in [1.165, 1.54) is 0 Å². The van der Waals surface area contributed by atoms with Crippen molar-refractivity contribution in [2.75, 3.05) is 31.1 Å². The maximum Gasteiger partial charge on any atom is 0.139 e. The fourth-order valence-electron chi connectivity index (χ4n) is 2.61. The molecule has 0 radical (unpaired) electrons. The van der Waals surface area contributed by atoms with E-state index in [9.17, 15) is 0 Å². The largest absolute Gasteiger partial charge is 0.353 e. The SMILES string of the molecule is C[C@@H]1CN(c2cscn2)CCN1CC#Cc1cccc(Cl)c1. The Hall–Kier alpha value is -1.54. The average molecular weight is 332 g/mol. The molecule has 0 unspecified atom stereocenters. The number of nitrogens with zero attached hydrogens (tertiary/aromatic N) is 3. The smallest absolute Gasteiger partial charge is 0.139 e. The molecule has 0 spiro atoms. The summed E-state index contributed by atoms with van der Waals surface area (Å²) in [6.45, 7) is 6.07. The second kappa shape index (κ2) is 7.15. The molecule has 1 aromatic carbocycles. The van der Waals surface area contributed by atoms with Gasteiger partial charge in [0.15, 0.2) is 0 Å². The van der Waals surface area contributed by atoms with Crippen LogP contribution < -0.4 is 4.90 Å². The van der Waals surface area contributed by atoms with Crippen LogP contribution in [0.4, 0.5) is 5.82 Å². The van der Waals surface area contributed by atoms with Crippen molar-refractivity contribution < 1.29 is 0 Å². The Morgan fingerprint density at radius 1 is 1.41 bits per heavy atom. The van der Waals surface area contributed by atoms with Gasteiger partial charge in [-0.25, -0.2) is 4.98 Å². The number of hydrogen-bond acceptors (Lipinski definition) is 4. The number of anilines is 1. The number of thiazole rings is 1. The fraction of sp³-hybridized carbons (Fsp3) is 0.353. The molecule has 1 atom stereocenters. The second-order valence-electron chi connectivity index (χ2n) is 5.42. The number of rotatable bonds is 2. The highest BCUT2D eigenvalue weighted by atomic mass is 35.5. The molecule has 1 aromatic heterocycles. The summed E-state index contributed by atoms with van der Waals surface area (Å²) in [5, 5.41) is 2.85. The summed E-state index contributed by atoms with van der Waals surface area (Å²) in [4.78, 5) is 9.16. The summed E-state index contributed by atoms with van der Waals surface area (Å²) in [5.74, 6) is 7.55. The number of halogens is 1. The first-order valence-corrected chi connectivity index (χ1v) is 8.66. The highest BCUT2D eigenvalue weighted by Gasteiger charge is 2.23. The molecule has 0 bridgehead atoms. The normalized spacial score (nSPS) is 18.8. The van der Waals surface area contributed by atoms with E-state index in [0.717, 1.165) is 42.6 Å². The van der Waals surface area contributed by atoms with E-state index in [0.29, 0.717) is 6.04 Å². The van der Waals surface area contributed by atoms with E-state index in [2.05, 4.69) is 38.9 Å². The van der Waals surface area contributed by atoms with Gasteiger partial charge in [-0.15, -0.1) is 11.3 Å². The van der Waals surface area contributed by atoms with Crippen molar-refractivity contribution in [1.29, 1.82) is 0 Å². The predicted molar refractivity (Wildman–Crippen MR) is 93.7 cm³/mol. The first-order valence-electron chi connectivity index (χ1n) is 7.34. The van der Waals surface area contributed by atoms with Crippen molar-refractivity contribution in [3.63, 3.8) is 0 Å². The maximum absolute atomic E-state index is 5.97. The van der Waals surface area contributed by atoms with Gasteiger partial charge in [0.05, 0.1) is 12.1 Å². The molecule has 1 aliphatic heterocycles. The molecule has 0 N–H and O–H groups in total. The van der Waals surface area contributed by atoms with E-state index < -0.39 is 0 Å². The molecular weight excluding hydrogens is 314 g/mol. The van der Waals surface area contributed by atoms with Gasteiger partial charge in [-0.1, -0.05) is 29.5 Å². The predicted octanol–water partition coefficient (Wildman–Crippen LogP) is 3.36. The molecule has 0 amide bonds. The van der Waals surface area contributed by atoms with Crippen LogP contribution in [-0.4, -0.2) is 42.1 Å². The van der Waals surface area contributed by atoms with E-state index in [-0.39, 0.29) is 0 Å². The highest BCUT2D eigenvalue weighted by Crippen LogP contribution is 2.18. The van der Waals surface area contributed by atoms with Crippen LogP contribution in [0.1, 0.15) is 12.5 Å². The number of aromatic nitrogens is 1. The van der Waals surface area contributed by atoms with E-state index in [4.69, 9.17) is 11.6 Å². The average Bonchev–Trinajstić information content (AvgIpc) is 3.03. The van der Waals surface area contributed by atoms with Gasteiger partial charge in [-0.2, -0.15) is 0 Å². The summed E-state index contributed by atoms with van der Waals surface area (Å²) >= 11 is 7.62. The lowest BCUT2D eigenvalue weighted by Gasteiger charge is -2.39. The zero-order valence-corrected chi connectivity index (χ0v) is 14.1. The summed E-state index contributed by atoms with van der Waals surface area (Å²) in [6, 6.07) is 8.17. The summed E-state index contributed by atoms with van der Waals surface area (Å²) in [7, 11) is 0. The lowest BCUT2D eigenvalue weighted by Crippen LogP contribution is -2.52. The van der Waals surface area contributed by atoms with E-state index in [1.807, 2.05) is 29.8 Å². The van der Waals surface area contributed by atoms with Gasteiger partial charge in [0.25, 0.3) is 0 Å². The van der Waals surface area contributed by atoms with E-state index in [1.54, 1.807) is 11.3 Å². The third kappa shape index (κ3) is 3.80. The highest BCUT2D eigenvalue weighted by molar-refractivity contribution is 7.07. The van der Waals surface area contributed by atoms with Gasteiger partial charge in [0.2, 0.25) is 0 Å². The molecule has 3 nitrogen and oxygen atoms in total. The monoisotopic (exact) mass is 331 g/mol. The topological polar surface area (TPSA) is 19.4 Å². The molecule has 22 heavy (non-hydrogen) atoms. The minimum atomic E-state index is 0.476. The Morgan fingerprint density at radius 3 is 3.05 bits per heavy atom. The molecule has 1 fully saturated rings. The molecule has 0 saturated carbocycles. The van der Waals surface area contributed by atoms with Crippen LogP contribution in [0.2, 0.25) is 5.02 Å². The molecule has 3 rings (SSSR count). The zero-order chi connectivity index (χ0) is 15.4. The van der Waals surface area contributed by atoms with Crippen molar-refractivity contribution in [2.24, 2.45) is 0 Å². The standard InChI is InChI=1S/C17H18ClN3S/c1-14-11-21(17-12-22-13-19-17)9-8-20(14)7-3-5-15-4-2-6-16(18)10-15/h2,4,6,10,12-14H,7-9,11H2,1H3/t14-/m1/s1. The third-order valence-electron chi connectivity index (χ3n) is 3.85. The molecule has 5 heteroatoms. The number of piperazine rings is 1. The molecule has 1 saturated heterocycles. The van der Waals surface area contributed by atoms with Crippen LogP contribution in [0.5, 0.6) is 0 Å². The van der Waals surface area contributed by atoms with Crippen LogP contribution in [-0.2, 0) is 0 Å². The Balaban J connectivity index is 1.56. The van der Waals surface area contributed by atoms with Crippen molar-refractivity contribution in [1.82, 2.24) is 9.88 Å². The molecule has 1 aliphatic rings. The summed E-state index contributed by atoms with van der Waals surface area (Å²) < 4.78 is 0. The van der Waals surface area contributed by atoms with Crippen LogP contribution in [0.3, 0.4) is 0 Å². The van der Waals surface area contributed by atoms with Crippen LogP contribution >= 0.6 is 22.9 Å². The Morgan fingerprint density at radius 2 is 2.32 bits per heavy atom. The van der Waals surface area contributed by atoms with Gasteiger partial charge < -0.3 is 4.90 Å². The fourth-order valence-corrected chi connectivity index (χ4v) is 3.36. The Labute approximate surface area is 140 Å². The van der Waals surface area contributed by atoms with Gasteiger partial charge in [-0.05, 0) is 25.1 Å². The molecular formula is C17H18ClN3S. The first-order chi connectivity index (χ1) is 10.7. The minimum Gasteiger partial charge on any atom is -0.353 e. The third-order valence-corrected chi connectivity index (χ3v) is 4.66. The molecule has 0 aliphatic carbocycles. The Bertz CT molecular complexity index is 675. The summed E-state index contributed by atoms with van der Waals surface area (Å²) in [6.07, 6.45) is 0. The van der Waals surface area contributed by atoms with Crippen LogP contribution in [0.15, 0.2) is 35.2 Å². The van der Waals surface area contributed by atoms with Gasteiger partial charge in [0.1, 0.15) is 5.82 Å². The van der Waals surface area contributed by atoms with Crippen molar-refractivity contribution in [3.8, 4) is 11.8 Å². The van der Waals surface area contributed by atoms with Gasteiger partial charge >= 0.3 is 0 Å². The minimum absolute atomic E-state index is 0.476. The first kappa shape index (κ1) is 15.4. The molecule has 114 valence electrons. The second-order valence-corrected chi connectivity index (χ2v) is 6.58. The van der Waals surface area contributed by atoms with Gasteiger partial charge in [-0.3, -0.25) is 4.90 Å².